The predicted octanol–water partition coefficient (Wildman–Crippen LogP) is 1.93. The zero-order valence-electron chi connectivity index (χ0n) is 16.5. The number of rotatable bonds is 4. The van der Waals surface area contributed by atoms with Crippen LogP contribution < -0.4 is 9.62 Å². The molecule has 0 saturated carbocycles. The first-order chi connectivity index (χ1) is 14.7. The molecule has 0 radical (unpaired) electrons. The van der Waals surface area contributed by atoms with Gasteiger partial charge in [-0.25, -0.2) is 17.6 Å². The fourth-order valence-corrected chi connectivity index (χ4v) is 5.54. The van der Waals surface area contributed by atoms with Crippen molar-refractivity contribution in [1.82, 2.24) is 5.32 Å². The summed E-state index contributed by atoms with van der Waals surface area (Å²) in [5.41, 5.74) is 0.802. The smallest absolute Gasteiger partial charge is 0.341 e. The lowest BCUT2D eigenvalue weighted by Crippen LogP contribution is -2.45. The van der Waals surface area contributed by atoms with Crippen molar-refractivity contribution in [1.29, 1.82) is 0 Å². The zero-order chi connectivity index (χ0) is 22.3. The number of benzene rings is 2. The summed E-state index contributed by atoms with van der Waals surface area (Å²) in [4.78, 5) is 35.2. The summed E-state index contributed by atoms with van der Waals surface area (Å²) < 4.78 is 47.3. The number of hydrogen-bond acceptors (Lipinski definition) is 6. The minimum Gasteiger partial charge on any atom is -0.449 e. The van der Waals surface area contributed by atoms with Crippen molar-refractivity contribution in [2.45, 2.75) is 43.2 Å². The average Bonchev–Trinajstić information content (AvgIpc) is 3.06. The second-order valence-electron chi connectivity index (χ2n) is 7.47. The van der Waals surface area contributed by atoms with Crippen molar-refractivity contribution in [3.05, 3.63) is 59.4 Å². The van der Waals surface area contributed by atoms with E-state index in [1.165, 1.54) is 4.31 Å². The van der Waals surface area contributed by atoms with Crippen LogP contribution in [0.5, 0.6) is 0 Å². The SMILES string of the molecule is CC1Cc2ccccc2N1S(=O)(=O)c1ccc(F)c(C(=O)OC2CCC(=O)NC2=O)c1. The molecule has 1 fully saturated rings. The van der Waals surface area contributed by atoms with Gasteiger partial charge in [0.25, 0.3) is 15.9 Å². The quantitative estimate of drug-likeness (QED) is 0.568. The van der Waals surface area contributed by atoms with Crippen molar-refractivity contribution < 1.29 is 31.9 Å². The van der Waals surface area contributed by atoms with E-state index in [9.17, 15) is 27.2 Å². The minimum absolute atomic E-state index is 0.0210. The van der Waals surface area contributed by atoms with Gasteiger partial charge in [0.2, 0.25) is 5.91 Å². The van der Waals surface area contributed by atoms with Crippen LogP contribution in [-0.2, 0) is 30.8 Å². The fourth-order valence-electron chi connectivity index (χ4n) is 3.82. The van der Waals surface area contributed by atoms with Crippen LogP contribution in [0.25, 0.3) is 0 Å². The molecule has 2 amide bonds. The number of sulfonamides is 1. The van der Waals surface area contributed by atoms with E-state index in [-0.39, 0.29) is 23.8 Å². The van der Waals surface area contributed by atoms with E-state index in [0.717, 1.165) is 23.8 Å². The summed E-state index contributed by atoms with van der Waals surface area (Å²) in [6, 6.07) is 9.60. The van der Waals surface area contributed by atoms with E-state index in [1.807, 2.05) is 17.4 Å². The number of ether oxygens (including phenoxy) is 1. The standard InChI is InChI=1S/C21H19FN2O6S/c1-12-10-13-4-2-3-5-17(13)24(12)31(28,29)14-6-7-16(22)15(11-14)21(27)30-18-8-9-19(25)23-20(18)26/h2-7,11-12,18H,8-10H2,1H3,(H,23,25,26). The van der Waals surface area contributed by atoms with E-state index in [2.05, 4.69) is 0 Å². The summed E-state index contributed by atoms with van der Waals surface area (Å²) in [6.45, 7) is 1.76. The van der Waals surface area contributed by atoms with Gasteiger partial charge in [0.05, 0.1) is 16.1 Å². The molecule has 10 heteroatoms. The van der Waals surface area contributed by atoms with E-state index in [4.69, 9.17) is 4.74 Å². The molecular weight excluding hydrogens is 427 g/mol. The van der Waals surface area contributed by atoms with Gasteiger partial charge in [0.15, 0.2) is 6.10 Å². The zero-order valence-corrected chi connectivity index (χ0v) is 17.3. The Morgan fingerprint density at radius 1 is 1.19 bits per heavy atom. The fraction of sp³-hybridized carbons (Fsp3) is 0.286. The number of fused-ring (bicyclic) bond motifs is 1. The van der Waals surface area contributed by atoms with Crippen molar-refractivity contribution >= 4 is 33.5 Å². The minimum atomic E-state index is -4.09. The van der Waals surface area contributed by atoms with Gasteiger partial charge in [0.1, 0.15) is 5.82 Å². The molecular formula is C21H19FN2O6S. The predicted molar refractivity (Wildman–Crippen MR) is 107 cm³/mol. The van der Waals surface area contributed by atoms with Gasteiger partial charge in [0, 0.05) is 18.9 Å². The lowest BCUT2D eigenvalue weighted by molar-refractivity contribution is -0.140. The first kappa shape index (κ1) is 21.0. The van der Waals surface area contributed by atoms with Crippen LogP contribution in [0.3, 0.4) is 0 Å². The monoisotopic (exact) mass is 446 g/mol. The number of nitrogens with zero attached hydrogens (tertiary/aromatic N) is 1. The molecule has 31 heavy (non-hydrogen) atoms. The molecule has 2 aliphatic heterocycles. The molecule has 0 spiro atoms. The molecule has 2 aromatic carbocycles. The number of halogens is 1. The Kier molecular flexibility index (Phi) is 5.26. The Morgan fingerprint density at radius 3 is 2.68 bits per heavy atom. The highest BCUT2D eigenvalue weighted by molar-refractivity contribution is 7.92. The second kappa shape index (κ2) is 7.77. The van der Waals surface area contributed by atoms with Crippen molar-refractivity contribution in [2.75, 3.05) is 4.31 Å². The molecule has 0 aliphatic carbocycles. The molecule has 0 aromatic heterocycles. The number of esters is 1. The van der Waals surface area contributed by atoms with Gasteiger partial charge in [-0.15, -0.1) is 0 Å². The topological polar surface area (TPSA) is 110 Å². The summed E-state index contributed by atoms with van der Waals surface area (Å²) >= 11 is 0. The molecule has 1 N–H and O–H groups in total. The lowest BCUT2D eigenvalue weighted by Gasteiger charge is -2.25. The summed E-state index contributed by atoms with van der Waals surface area (Å²) in [5, 5.41) is 2.04. The number of amides is 2. The van der Waals surface area contributed by atoms with Crippen LogP contribution in [-0.4, -0.2) is 38.3 Å². The summed E-state index contributed by atoms with van der Waals surface area (Å²) in [6.07, 6.45) is -0.776. The number of imide groups is 1. The Hall–Kier alpha value is -3.27. The van der Waals surface area contributed by atoms with Crippen LogP contribution in [0.4, 0.5) is 10.1 Å². The molecule has 2 unspecified atom stereocenters. The molecule has 0 bridgehead atoms. The van der Waals surface area contributed by atoms with Crippen molar-refractivity contribution in [3.8, 4) is 0 Å². The van der Waals surface area contributed by atoms with Gasteiger partial charge in [-0.05, 0) is 43.2 Å². The largest absolute Gasteiger partial charge is 0.449 e. The van der Waals surface area contributed by atoms with Crippen molar-refractivity contribution in [3.63, 3.8) is 0 Å². The molecule has 162 valence electrons. The van der Waals surface area contributed by atoms with Gasteiger partial charge in [-0.3, -0.25) is 19.2 Å². The Morgan fingerprint density at radius 2 is 1.94 bits per heavy atom. The third kappa shape index (κ3) is 3.78. The third-order valence-corrected chi connectivity index (χ3v) is 7.22. The highest BCUT2D eigenvalue weighted by atomic mass is 32.2. The molecule has 2 heterocycles. The highest BCUT2D eigenvalue weighted by Gasteiger charge is 2.37. The first-order valence-electron chi connectivity index (χ1n) is 9.65. The van der Waals surface area contributed by atoms with Crippen LogP contribution >= 0.6 is 0 Å². The third-order valence-electron chi connectivity index (χ3n) is 5.30. The van der Waals surface area contributed by atoms with Crippen LogP contribution in [0.1, 0.15) is 35.7 Å². The van der Waals surface area contributed by atoms with Gasteiger partial charge in [-0.2, -0.15) is 0 Å². The molecule has 2 aromatic rings. The highest BCUT2D eigenvalue weighted by Crippen LogP contribution is 2.36. The number of piperidine rings is 1. The van der Waals surface area contributed by atoms with E-state index < -0.39 is 45.3 Å². The molecule has 8 nitrogen and oxygen atoms in total. The van der Waals surface area contributed by atoms with Gasteiger partial charge >= 0.3 is 5.97 Å². The average molecular weight is 446 g/mol. The number of carbonyl (C=O) groups is 3. The maximum atomic E-state index is 14.4. The molecule has 2 atom stereocenters. The maximum Gasteiger partial charge on any atom is 0.341 e. The molecule has 4 rings (SSSR count). The number of carbonyl (C=O) groups excluding carboxylic acids is 3. The lowest BCUT2D eigenvalue weighted by atomic mass is 10.1. The molecule has 1 saturated heterocycles. The second-order valence-corrected chi connectivity index (χ2v) is 9.28. The maximum absolute atomic E-state index is 14.4. The van der Waals surface area contributed by atoms with Crippen LogP contribution in [0.2, 0.25) is 0 Å². The van der Waals surface area contributed by atoms with E-state index in [0.29, 0.717) is 12.1 Å². The van der Waals surface area contributed by atoms with E-state index >= 15 is 0 Å². The van der Waals surface area contributed by atoms with Gasteiger partial charge in [-0.1, -0.05) is 18.2 Å². The van der Waals surface area contributed by atoms with Crippen LogP contribution in [0, 0.1) is 5.82 Å². The van der Waals surface area contributed by atoms with Gasteiger partial charge < -0.3 is 4.74 Å². The summed E-state index contributed by atoms with van der Waals surface area (Å²) in [5.74, 6) is -3.45. The Bertz CT molecular complexity index is 1200. The number of nitrogens with one attached hydrogen (secondary N) is 1. The van der Waals surface area contributed by atoms with Crippen molar-refractivity contribution in [2.24, 2.45) is 0 Å². The molecule has 2 aliphatic rings. The number of anilines is 1. The number of hydrogen-bond donors (Lipinski definition) is 1. The summed E-state index contributed by atoms with van der Waals surface area (Å²) in [7, 11) is -4.09. The first-order valence-corrected chi connectivity index (χ1v) is 11.1. The van der Waals surface area contributed by atoms with Crippen LogP contribution in [0.15, 0.2) is 47.4 Å². The number of para-hydroxylation sites is 1. The normalized spacial score (nSPS) is 20.9. The Labute approximate surface area is 178 Å². The Balaban J connectivity index is 1.64. The van der Waals surface area contributed by atoms with E-state index in [1.54, 1.807) is 19.1 Å².